The second-order valence-corrected chi connectivity index (χ2v) is 4.09. The number of carbonyl (C=O) groups is 1. The summed E-state index contributed by atoms with van der Waals surface area (Å²) in [5.41, 5.74) is 6.08. The molecular weight excluding hydrogens is 264 g/mol. The van der Waals surface area contributed by atoms with Crippen molar-refractivity contribution in [1.29, 1.82) is 0 Å². The first-order chi connectivity index (χ1) is 9.63. The molecule has 2 aromatic rings. The van der Waals surface area contributed by atoms with E-state index < -0.39 is 11.6 Å². The first-order valence-corrected chi connectivity index (χ1v) is 6.00. The van der Waals surface area contributed by atoms with Crippen molar-refractivity contribution in [3.63, 3.8) is 0 Å². The normalized spacial score (nSPS) is 10.3. The van der Waals surface area contributed by atoms with Gasteiger partial charge in [0, 0.05) is 37.2 Å². The van der Waals surface area contributed by atoms with Crippen molar-refractivity contribution in [2.75, 3.05) is 18.0 Å². The van der Waals surface area contributed by atoms with Crippen molar-refractivity contribution in [2.24, 2.45) is 5.73 Å². The molecule has 104 valence electrons. The van der Waals surface area contributed by atoms with Gasteiger partial charge in [-0.15, -0.1) is 0 Å². The summed E-state index contributed by atoms with van der Waals surface area (Å²) in [6, 6.07) is 6.50. The maximum Gasteiger partial charge on any atom is 0.259 e. The Morgan fingerprint density at radius 2 is 2.05 bits per heavy atom. The summed E-state index contributed by atoms with van der Waals surface area (Å²) in [6.07, 6.45) is 2.95. The molecule has 20 heavy (non-hydrogen) atoms. The van der Waals surface area contributed by atoms with Crippen molar-refractivity contribution in [3.05, 3.63) is 59.9 Å². The summed E-state index contributed by atoms with van der Waals surface area (Å²) >= 11 is 0. The molecule has 0 radical (unpaired) electrons. The van der Waals surface area contributed by atoms with Gasteiger partial charge in [-0.25, -0.2) is 8.78 Å². The molecule has 0 saturated carbocycles. The average molecular weight is 277 g/mol. The molecular formula is C14H13F2N3O. The van der Waals surface area contributed by atoms with Gasteiger partial charge in [0.1, 0.15) is 0 Å². The summed E-state index contributed by atoms with van der Waals surface area (Å²) in [7, 11) is 0. The third-order valence-electron chi connectivity index (χ3n) is 2.72. The number of anilines is 1. The second-order valence-electron chi connectivity index (χ2n) is 4.09. The van der Waals surface area contributed by atoms with Gasteiger partial charge in [0.15, 0.2) is 11.6 Å². The maximum absolute atomic E-state index is 13.3. The molecule has 0 aliphatic rings. The van der Waals surface area contributed by atoms with Crippen LogP contribution < -0.4 is 10.6 Å². The van der Waals surface area contributed by atoms with Crippen LogP contribution >= 0.6 is 0 Å². The molecule has 0 bridgehead atoms. The number of pyridine rings is 1. The lowest BCUT2D eigenvalue weighted by Gasteiger charge is -2.22. The number of hydrogen-bond acceptors (Lipinski definition) is 3. The number of hydrogen-bond donors (Lipinski definition) is 1. The predicted molar refractivity (Wildman–Crippen MR) is 71.3 cm³/mol. The van der Waals surface area contributed by atoms with E-state index in [2.05, 4.69) is 4.98 Å². The zero-order valence-electron chi connectivity index (χ0n) is 10.6. The third kappa shape index (κ3) is 2.97. The summed E-state index contributed by atoms with van der Waals surface area (Å²) in [4.78, 5) is 17.5. The standard InChI is InChI=1S/C14H13F2N3O/c15-12-4-3-11(8-13(12)16)19(7-5-17)14(20)10-2-1-6-18-9-10/h1-4,6,8-9H,5,7,17H2. The highest BCUT2D eigenvalue weighted by Crippen LogP contribution is 2.19. The van der Waals surface area contributed by atoms with Gasteiger partial charge >= 0.3 is 0 Å². The molecule has 1 amide bonds. The van der Waals surface area contributed by atoms with E-state index in [-0.39, 0.29) is 24.7 Å². The van der Waals surface area contributed by atoms with Gasteiger partial charge in [0.2, 0.25) is 0 Å². The zero-order valence-corrected chi connectivity index (χ0v) is 10.6. The molecule has 6 heteroatoms. The minimum Gasteiger partial charge on any atom is -0.329 e. The molecule has 1 heterocycles. The summed E-state index contributed by atoms with van der Waals surface area (Å²) in [5.74, 6) is -2.34. The third-order valence-corrected chi connectivity index (χ3v) is 2.72. The fourth-order valence-corrected chi connectivity index (χ4v) is 1.78. The van der Waals surface area contributed by atoms with E-state index in [4.69, 9.17) is 5.73 Å². The highest BCUT2D eigenvalue weighted by atomic mass is 19.2. The SMILES string of the molecule is NCCN(C(=O)c1cccnc1)c1ccc(F)c(F)c1. The largest absolute Gasteiger partial charge is 0.329 e. The molecule has 0 atom stereocenters. The topological polar surface area (TPSA) is 59.2 Å². The minimum absolute atomic E-state index is 0.193. The predicted octanol–water partition coefficient (Wildman–Crippen LogP) is 1.97. The van der Waals surface area contributed by atoms with Crippen molar-refractivity contribution in [1.82, 2.24) is 4.98 Å². The Kier molecular flexibility index (Phi) is 4.37. The Morgan fingerprint density at radius 1 is 1.25 bits per heavy atom. The van der Waals surface area contributed by atoms with Crippen LogP contribution in [0.4, 0.5) is 14.5 Å². The van der Waals surface area contributed by atoms with Gasteiger partial charge in [-0.3, -0.25) is 9.78 Å². The molecule has 2 N–H and O–H groups in total. The number of nitrogens with two attached hydrogens (primary N) is 1. The molecule has 0 aliphatic carbocycles. The van der Waals surface area contributed by atoms with E-state index >= 15 is 0 Å². The number of halogens is 2. The molecule has 0 spiro atoms. The fourth-order valence-electron chi connectivity index (χ4n) is 1.78. The summed E-state index contributed by atoms with van der Waals surface area (Å²) < 4.78 is 26.2. The van der Waals surface area contributed by atoms with Crippen LogP contribution in [0.3, 0.4) is 0 Å². The van der Waals surface area contributed by atoms with Gasteiger partial charge in [0.05, 0.1) is 5.56 Å². The van der Waals surface area contributed by atoms with Crippen LogP contribution in [0, 0.1) is 11.6 Å². The Balaban J connectivity index is 2.35. The van der Waals surface area contributed by atoms with E-state index in [1.54, 1.807) is 18.3 Å². The Bertz CT molecular complexity index is 605. The van der Waals surface area contributed by atoms with Crippen LogP contribution in [-0.2, 0) is 0 Å². The Morgan fingerprint density at radius 3 is 2.65 bits per heavy atom. The van der Waals surface area contributed by atoms with Gasteiger partial charge < -0.3 is 10.6 Å². The molecule has 0 saturated heterocycles. The highest BCUT2D eigenvalue weighted by Gasteiger charge is 2.18. The number of aromatic nitrogens is 1. The van der Waals surface area contributed by atoms with E-state index in [0.717, 1.165) is 12.1 Å². The van der Waals surface area contributed by atoms with E-state index in [0.29, 0.717) is 5.56 Å². The molecule has 4 nitrogen and oxygen atoms in total. The summed E-state index contributed by atoms with van der Waals surface area (Å²) in [6.45, 7) is 0.393. The van der Waals surface area contributed by atoms with Crippen molar-refractivity contribution >= 4 is 11.6 Å². The lowest BCUT2D eigenvalue weighted by molar-refractivity contribution is 0.0987. The molecule has 0 unspecified atom stereocenters. The van der Waals surface area contributed by atoms with Gasteiger partial charge in [0.25, 0.3) is 5.91 Å². The number of carbonyl (C=O) groups excluding carboxylic acids is 1. The molecule has 2 rings (SSSR count). The smallest absolute Gasteiger partial charge is 0.259 e. The number of nitrogens with zero attached hydrogens (tertiary/aromatic N) is 2. The van der Waals surface area contributed by atoms with Gasteiger partial charge in [-0.05, 0) is 24.3 Å². The van der Waals surface area contributed by atoms with E-state index in [1.165, 1.54) is 17.2 Å². The monoisotopic (exact) mass is 277 g/mol. The van der Waals surface area contributed by atoms with Crippen LogP contribution in [0.25, 0.3) is 0 Å². The van der Waals surface area contributed by atoms with E-state index in [1.807, 2.05) is 0 Å². The Hall–Kier alpha value is -2.34. The number of benzene rings is 1. The first kappa shape index (κ1) is 14.1. The van der Waals surface area contributed by atoms with Crippen LogP contribution in [0.2, 0.25) is 0 Å². The van der Waals surface area contributed by atoms with Crippen molar-refractivity contribution in [3.8, 4) is 0 Å². The first-order valence-electron chi connectivity index (χ1n) is 6.00. The Labute approximate surface area is 114 Å². The average Bonchev–Trinajstić information content (AvgIpc) is 2.48. The quantitative estimate of drug-likeness (QED) is 0.929. The van der Waals surface area contributed by atoms with Crippen LogP contribution in [-0.4, -0.2) is 24.0 Å². The molecule has 0 aliphatic heterocycles. The molecule has 1 aromatic heterocycles. The zero-order chi connectivity index (χ0) is 14.5. The highest BCUT2D eigenvalue weighted by molar-refractivity contribution is 6.05. The van der Waals surface area contributed by atoms with Gasteiger partial charge in [-0.2, -0.15) is 0 Å². The molecule has 0 fully saturated rings. The molecule has 1 aromatic carbocycles. The number of rotatable bonds is 4. The maximum atomic E-state index is 13.3. The lowest BCUT2D eigenvalue weighted by atomic mass is 10.2. The van der Waals surface area contributed by atoms with Crippen molar-refractivity contribution < 1.29 is 13.6 Å². The van der Waals surface area contributed by atoms with E-state index in [9.17, 15) is 13.6 Å². The van der Waals surface area contributed by atoms with Crippen molar-refractivity contribution in [2.45, 2.75) is 0 Å². The van der Waals surface area contributed by atoms with Crippen LogP contribution in [0.5, 0.6) is 0 Å². The fraction of sp³-hybridized carbons (Fsp3) is 0.143. The van der Waals surface area contributed by atoms with Crippen LogP contribution in [0.1, 0.15) is 10.4 Å². The second kappa shape index (κ2) is 6.21. The minimum atomic E-state index is -1.01. The van der Waals surface area contributed by atoms with Gasteiger partial charge in [-0.1, -0.05) is 0 Å². The lowest BCUT2D eigenvalue weighted by Crippen LogP contribution is -2.35. The van der Waals surface area contributed by atoms with Crippen LogP contribution in [0.15, 0.2) is 42.7 Å². The summed E-state index contributed by atoms with van der Waals surface area (Å²) in [5, 5.41) is 0. The number of amides is 1.